The van der Waals surface area contributed by atoms with E-state index in [4.69, 9.17) is 19.2 Å². The SMILES string of the molecule is O=C(NO)C1(S(=O)(=O)c2ccc(OCCCc3nc(-c4cc(F)ccc4F)no3)cc2)CCOCC1. The highest BCUT2D eigenvalue weighted by molar-refractivity contribution is 7.93. The Morgan fingerprint density at radius 3 is 2.56 bits per heavy atom. The van der Waals surface area contributed by atoms with Gasteiger partial charge >= 0.3 is 0 Å². The third-order valence-electron chi connectivity index (χ3n) is 5.91. The van der Waals surface area contributed by atoms with Gasteiger partial charge in [-0.3, -0.25) is 10.0 Å². The summed E-state index contributed by atoms with van der Waals surface area (Å²) in [6.07, 6.45) is 0.608. The van der Waals surface area contributed by atoms with E-state index in [1.54, 1.807) is 0 Å². The Hall–Kier alpha value is -3.42. The third kappa shape index (κ3) is 5.08. The lowest BCUT2D eigenvalue weighted by Crippen LogP contribution is -2.54. The minimum Gasteiger partial charge on any atom is -0.494 e. The zero-order chi connectivity index (χ0) is 25.8. The minimum absolute atomic E-state index is 0.0584. The molecule has 0 aliphatic carbocycles. The van der Waals surface area contributed by atoms with Gasteiger partial charge in [-0.15, -0.1) is 0 Å². The van der Waals surface area contributed by atoms with Gasteiger partial charge in [0.1, 0.15) is 17.4 Å². The summed E-state index contributed by atoms with van der Waals surface area (Å²) < 4.78 is 67.8. The molecule has 2 N–H and O–H groups in total. The Labute approximate surface area is 205 Å². The van der Waals surface area contributed by atoms with E-state index in [2.05, 4.69) is 10.1 Å². The summed E-state index contributed by atoms with van der Waals surface area (Å²) >= 11 is 0. The number of aryl methyl sites for hydroxylation is 1. The number of hydrogen-bond acceptors (Lipinski definition) is 9. The summed E-state index contributed by atoms with van der Waals surface area (Å²) in [5.74, 6) is -1.72. The summed E-state index contributed by atoms with van der Waals surface area (Å²) in [5, 5.41) is 12.8. The fourth-order valence-corrected chi connectivity index (χ4v) is 5.85. The number of hydroxylamine groups is 1. The maximum atomic E-state index is 13.9. The average molecular weight is 524 g/mol. The van der Waals surface area contributed by atoms with E-state index in [1.807, 2.05) is 0 Å². The Morgan fingerprint density at radius 1 is 1.14 bits per heavy atom. The first-order valence-corrected chi connectivity index (χ1v) is 12.5. The number of nitrogens with one attached hydrogen (secondary N) is 1. The van der Waals surface area contributed by atoms with Crippen molar-refractivity contribution in [1.82, 2.24) is 15.6 Å². The number of carbonyl (C=O) groups is 1. The molecule has 0 spiro atoms. The number of rotatable bonds is 9. The molecule has 13 heteroatoms. The normalized spacial score (nSPS) is 15.4. The molecule has 3 aromatic rings. The van der Waals surface area contributed by atoms with Crippen LogP contribution in [0.1, 0.15) is 25.2 Å². The largest absolute Gasteiger partial charge is 0.494 e. The topological polar surface area (TPSA) is 141 Å². The molecule has 1 aliphatic rings. The van der Waals surface area contributed by atoms with Gasteiger partial charge < -0.3 is 14.0 Å². The van der Waals surface area contributed by atoms with Crippen LogP contribution in [0.25, 0.3) is 11.4 Å². The van der Waals surface area contributed by atoms with Crippen LogP contribution in [0, 0.1) is 11.6 Å². The highest BCUT2D eigenvalue weighted by atomic mass is 32.2. The van der Waals surface area contributed by atoms with Gasteiger partial charge in [-0.2, -0.15) is 4.98 Å². The van der Waals surface area contributed by atoms with E-state index in [0.717, 1.165) is 18.2 Å². The smallest absolute Gasteiger partial charge is 0.265 e. The molecule has 2 heterocycles. The molecule has 0 atom stereocenters. The number of benzene rings is 2. The first-order chi connectivity index (χ1) is 17.3. The number of halogens is 2. The van der Waals surface area contributed by atoms with Crippen molar-refractivity contribution in [3.63, 3.8) is 0 Å². The molecule has 0 bridgehead atoms. The summed E-state index contributed by atoms with van der Waals surface area (Å²) in [6.45, 7) is 0.380. The molecule has 2 aromatic carbocycles. The lowest BCUT2D eigenvalue weighted by molar-refractivity contribution is -0.134. The molecular weight excluding hydrogens is 500 g/mol. The number of hydrogen-bond donors (Lipinski definition) is 2. The van der Waals surface area contributed by atoms with Crippen LogP contribution >= 0.6 is 0 Å². The summed E-state index contributed by atoms with van der Waals surface area (Å²) in [5.41, 5.74) is 1.37. The third-order valence-corrected chi connectivity index (χ3v) is 8.42. The maximum Gasteiger partial charge on any atom is 0.265 e. The Balaban J connectivity index is 1.35. The number of amides is 1. The van der Waals surface area contributed by atoms with E-state index >= 15 is 0 Å². The van der Waals surface area contributed by atoms with Crippen LogP contribution in [0.4, 0.5) is 8.78 Å². The van der Waals surface area contributed by atoms with Crippen molar-refractivity contribution in [1.29, 1.82) is 0 Å². The highest BCUT2D eigenvalue weighted by Gasteiger charge is 2.52. The summed E-state index contributed by atoms with van der Waals surface area (Å²) in [4.78, 5) is 16.3. The van der Waals surface area contributed by atoms with Crippen molar-refractivity contribution in [2.24, 2.45) is 0 Å². The van der Waals surface area contributed by atoms with Crippen LogP contribution in [-0.2, 0) is 25.8 Å². The molecule has 0 unspecified atom stereocenters. The second-order valence-electron chi connectivity index (χ2n) is 8.11. The van der Waals surface area contributed by atoms with Gasteiger partial charge in [0.15, 0.2) is 14.6 Å². The second-order valence-corrected chi connectivity index (χ2v) is 10.4. The molecule has 1 aromatic heterocycles. The Kier molecular flexibility index (Phi) is 7.62. The summed E-state index contributed by atoms with van der Waals surface area (Å²) in [6, 6.07) is 8.57. The van der Waals surface area contributed by atoms with Crippen LogP contribution in [0.3, 0.4) is 0 Å². The zero-order valence-electron chi connectivity index (χ0n) is 18.9. The second kappa shape index (κ2) is 10.7. The number of nitrogens with zero attached hydrogens (tertiary/aromatic N) is 2. The fraction of sp³-hybridized carbons (Fsp3) is 0.348. The standard InChI is InChI=1S/C23H23F2N3O7S/c24-15-3-8-19(25)18(14-15)21-26-20(35-28-21)2-1-11-34-16-4-6-17(7-5-16)36(31,32)23(22(29)27-30)9-12-33-13-10-23/h3-8,14,30H,1-2,9-13H2,(H,27,29). The molecule has 4 rings (SSSR count). The number of ether oxygens (including phenoxy) is 2. The van der Waals surface area contributed by atoms with Gasteiger partial charge in [0, 0.05) is 19.6 Å². The first kappa shape index (κ1) is 25.7. The van der Waals surface area contributed by atoms with Gasteiger partial charge in [-0.05, 0) is 61.7 Å². The highest BCUT2D eigenvalue weighted by Crippen LogP contribution is 2.35. The van der Waals surface area contributed by atoms with Gasteiger partial charge in [0.2, 0.25) is 11.7 Å². The van der Waals surface area contributed by atoms with Gasteiger partial charge in [0.05, 0.1) is 17.1 Å². The van der Waals surface area contributed by atoms with Crippen LogP contribution < -0.4 is 10.2 Å². The molecule has 1 aliphatic heterocycles. The molecule has 0 saturated carbocycles. The first-order valence-electron chi connectivity index (χ1n) is 11.0. The van der Waals surface area contributed by atoms with Crippen molar-refractivity contribution < 1.29 is 41.2 Å². The van der Waals surface area contributed by atoms with Gasteiger partial charge in [-0.25, -0.2) is 22.7 Å². The van der Waals surface area contributed by atoms with E-state index in [0.29, 0.717) is 18.6 Å². The lowest BCUT2D eigenvalue weighted by Gasteiger charge is -2.34. The van der Waals surface area contributed by atoms with Crippen molar-refractivity contribution >= 4 is 15.7 Å². The Bertz CT molecular complexity index is 1320. The number of aromatic nitrogens is 2. The molecule has 10 nitrogen and oxygen atoms in total. The fourth-order valence-electron chi connectivity index (χ4n) is 3.91. The van der Waals surface area contributed by atoms with Crippen molar-refractivity contribution in [2.75, 3.05) is 19.8 Å². The Morgan fingerprint density at radius 2 is 1.86 bits per heavy atom. The van der Waals surface area contributed by atoms with E-state index < -0.39 is 32.1 Å². The number of sulfone groups is 1. The van der Waals surface area contributed by atoms with Crippen molar-refractivity contribution in [3.05, 3.63) is 60.0 Å². The molecular formula is C23H23F2N3O7S. The number of carbonyl (C=O) groups excluding carboxylic acids is 1. The van der Waals surface area contributed by atoms with E-state index in [1.165, 1.54) is 29.7 Å². The average Bonchev–Trinajstić information content (AvgIpc) is 3.37. The zero-order valence-corrected chi connectivity index (χ0v) is 19.8. The molecule has 1 saturated heterocycles. The summed E-state index contributed by atoms with van der Waals surface area (Å²) in [7, 11) is -4.12. The predicted molar refractivity (Wildman–Crippen MR) is 120 cm³/mol. The van der Waals surface area contributed by atoms with Crippen LogP contribution in [0.2, 0.25) is 0 Å². The van der Waals surface area contributed by atoms with E-state index in [-0.39, 0.29) is 54.8 Å². The van der Waals surface area contributed by atoms with Crippen LogP contribution in [0.15, 0.2) is 51.9 Å². The molecule has 192 valence electrons. The van der Waals surface area contributed by atoms with E-state index in [9.17, 15) is 22.0 Å². The maximum absolute atomic E-state index is 13.9. The van der Waals surface area contributed by atoms with Crippen molar-refractivity contribution in [2.45, 2.75) is 35.3 Å². The van der Waals surface area contributed by atoms with Crippen molar-refractivity contribution in [3.8, 4) is 17.1 Å². The van der Waals surface area contributed by atoms with Crippen LogP contribution in [0.5, 0.6) is 5.75 Å². The molecule has 36 heavy (non-hydrogen) atoms. The molecule has 1 fully saturated rings. The van der Waals surface area contributed by atoms with Gasteiger partial charge in [0.25, 0.3) is 5.91 Å². The monoisotopic (exact) mass is 523 g/mol. The molecule has 1 amide bonds. The van der Waals surface area contributed by atoms with Crippen LogP contribution in [-0.4, -0.2) is 54.2 Å². The van der Waals surface area contributed by atoms with Gasteiger partial charge in [-0.1, -0.05) is 5.16 Å². The predicted octanol–water partition coefficient (Wildman–Crippen LogP) is 2.85. The quantitative estimate of drug-likeness (QED) is 0.246. The molecule has 0 radical (unpaired) electrons. The minimum atomic E-state index is -4.12. The lowest BCUT2D eigenvalue weighted by atomic mass is 9.98.